The number of likely N-dealkylation sites (N-methyl/N-ethyl adjacent to an activating group) is 1. The van der Waals surface area contributed by atoms with Gasteiger partial charge in [-0.25, -0.2) is 0 Å². The fourth-order valence-corrected chi connectivity index (χ4v) is 8.43. The Labute approximate surface area is 236 Å². The maximum atomic E-state index is 13.8. The molecule has 4 fully saturated rings. The van der Waals surface area contributed by atoms with Crippen molar-refractivity contribution >= 4 is 5.78 Å². The van der Waals surface area contributed by atoms with Crippen LogP contribution in [0.2, 0.25) is 0 Å². The summed E-state index contributed by atoms with van der Waals surface area (Å²) < 4.78 is 0.902. The van der Waals surface area contributed by atoms with Gasteiger partial charge in [-0.3, -0.25) is 4.79 Å². The zero-order valence-electron chi connectivity index (χ0n) is 24.8. The molecule has 0 aromatic carbocycles. The first-order valence-corrected chi connectivity index (χ1v) is 16.2. The number of unbranched alkanes of at least 4 members (excludes halogenated alkanes) is 15. The largest absolute Gasteiger partial charge is 1.00 e. The summed E-state index contributed by atoms with van der Waals surface area (Å²) in [7, 11) is 4.66. The number of rotatable bonds is 20. The number of hydrogen-bond acceptors (Lipinski definition) is 1. The van der Waals surface area contributed by atoms with E-state index in [-0.39, 0.29) is 28.4 Å². The Balaban J connectivity index is 0.00000456. The smallest absolute Gasteiger partial charge is 0.195 e. The predicted molar refractivity (Wildman–Crippen MR) is 152 cm³/mol. The first-order chi connectivity index (χ1) is 16.9. The van der Waals surface area contributed by atoms with Gasteiger partial charge in [-0.15, -0.1) is 0 Å². The number of carbonyl (C=O) groups is 1. The number of ketones is 1. The average molecular weight is 569 g/mol. The standard InChI is InChI=1S/C33H62NO.BrH/c1-5-6-7-8-9-10-11-12-13-14-15-16-17-18-19-20-21-34(3,4)28(2)32(35)33-25-29-22-30(26-33)24-31(23-29)27-33;/h28-31H,5-27H2,1-4H3;1H/q+1;/p-1. The van der Waals surface area contributed by atoms with Crippen molar-refractivity contribution in [1.82, 2.24) is 0 Å². The van der Waals surface area contributed by atoms with Gasteiger partial charge in [-0.05, 0) is 76.0 Å². The molecule has 4 rings (SSSR count). The first kappa shape index (κ1) is 32.3. The first-order valence-electron chi connectivity index (χ1n) is 16.2. The van der Waals surface area contributed by atoms with Gasteiger partial charge in [0.1, 0.15) is 6.04 Å². The molecule has 0 aromatic rings. The molecule has 0 aromatic heterocycles. The molecule has 4 saturated carbocycles. The third kappa shape index (κ3) is 9.69. The van der Waals surface area contributed by atoms with E-state index in [0.29, 0.717) is 5.78 Å². The van der Waals surface area contributed by atoms with E-state index in [1.54, 1.807) is 0 Å². The van der Waals surface area contributed by atoms with Gasteiger partial charge >= 0.3 is 0 Å². The summed E-state index contributed by atoms with van der Waals surface area (Å²) >= 11 is 0. The van der Waals surface area contributed by atoms with E-state index in [1.165, 1.54) is 141 Å². The van der Waals surface area contributed by atoms with Crippen molar-refractivity contribution < 1.29 is 26.3 Å². The quantitative estimate of drug-likeness (QED) is 0.121. The number of Topliss-reactive ketones (excluding diaryl/α,β-unsaturated/α-hetero) is 1. The van der Waals surface area contributed by atoms with Crippen LogP contribution in [-0.4, -0.2) is 36.9 Å². The second-order valence-electron chi connectivity index (χ2n) is 14.0. The molecule has 0 aliphatic heterocycles. The minimum atomic E-state index is 0. The Kier molecular flexibility index (Phi) is 14.6. The van der Waals surface area contributed by atoms with Gasteiger partial charge in [0.05, 0.1) is 20.6 Å². The zero-order chi connectivity index (χ0) is 25.2. The summed E-state index contributed by atoms with van der Waals surface area (Å²) in [6, 6.07) is 0.169. The molecule has 212 valence electrons. The number of halogens is 1. The molecule has 1 unspecified atom stereocenters. The van der Waals surface area contributed by atoms with Crippen molar-refractivity contribution in [1.29, 1.82) is 0 Å². The van der Waals surface area contributed by atoms with Crippen LogP contribution < -0.4 is 17.0 Å². The molecule has 0 amide bonds. The van der Waals surface area contributed by atoms with Gasteiger partial charge in [-0.1, -0.05) is 96.8 Å². The summed E-state index contributed by atoms with van der Waals surface area (Å²) in [5.41, 5.74) is 0.0678. The summed E-state index contributed by atoms with van der Waals surface area (Å²) in [6.45, 7) is 5.72. The molecule has 1 atom stereocenters. The minimum Gasteiger partial charge on any atom is -1.00 e. The fourth-order valence-electron chi connectivity index (χ4n) is 8.43. The van der Waals surface area contributed by atoms with E-state index in [9.17, 15) is 4.79 Å². The van der Waals surface area contributed by atoms with Gasteiger partial charge < -0.3 is 21.5 Å². The van der Waals surface area contributed by atoms with Crippen LogP contribution in [0.1, 0.15) is 155 Å². The second kappa shape index (κ2) is 16.3. The maximum absolute atomic E-state index is 13.8. The predicted octanol–water partition coefficient (Wildman–Crippen LogP) is 6.50. The number of carbonyl (C=O) groups excluding carboxylic acids is 1. The SMILES string of the molecule is CCCCCCCCCCCCCCCCCC[N+](C)(C)C(C)C(=O)C12CC3CC(CC(C3)C1)C2.[Br-]. The molecule has 3 heteroatoms. The van der Waals surface area contributed by atoms with E-state index in [4.69, 9.17) is 0 Å². The Morgan fingerprint density at radius 3 is 1.36 bits per heavy atom. The Morgan fingerprint density at radius 1 is 0.667 bits per heavy atom. The third-order valence-electron chi connectivity index (χ3n) is 10.6. The lowest BCUT2D eigenvalue weighted by Gasteiger charge is -2.57. The fraction of sp³-hybridized carbons (Fsp3) is 0.970. The molecule has 2 nitrogen and oxygen atoms in total. The van der Waals surface area contributed by atoms with Gasteiger partial charge in [0, 0.05) is 5.41 Å². The highest BCUT2D eigenvalue weighted by Crippen LogP contribution is 2.60. The molecular formula is C33H62BrNO. The van der Waals surface area contributed by atoms with Crippen LogP contribution in [0, 0.1) is 23.2 Å². The van der Waals surface area contributed by atoms with Crippen molar-refractivity contribution in [2.24, 2.45) is 23.2 Å². The summed E-state index contributed by atoms with van der Waals surface area (Å²) in [6.07, 6.45) is 30.7. The number of quaternary nitrogens is 1. The van der Waals surface area contributed by atoms with Crippen molar-refractivity contribution in [2.75, 3.05) is 20.6 Å². The van der Waals surface area contributed by atoms with Crippen LogP contribution in [0.15, 0.2) is 0 Å². The summed E-state index contributed by atoms with van der Waals surface area (Å²) in [5.74, 6) is 3.24. The maximum Gasteiger partial charge on any atom is 0.195 e. The molecule has 0 radical (unpaired) electrons. The lowest BCUT2D eigenvalue weighted by molar-refractivity contribution is -0.904. The Bertz CT molecular complexity index is 580. The van der Waals surface area contributed by atoms with Gasteiger partial charge in [0.25, 0.3) is 0 Å². The average Bonchev–Trinajstić information content (AvgIpc) is 2.82. The molecule has 0 heterocycles. The van der Waals surface area contributed by atoms with E-state index in [0.717, 1.165) is 28.8 Å². The number of hydrogen-bond donors (Lipinski definition) is 0. The third-order valence-corrected chi connectivity index (χ3v) is 10.6. The van der Waals surface area contributed by atoms with Crippen LogP contribution in [0.5, 0.6) is 0 Å². The van der Waals surface area contributed by atoms with Crippen molar-refractivity contribution in [3.63, 3.8) is 0 Å². The molecule has 4 aliphatic carbocycles. The van der Waals surface area contributed by atoms with Crippen LogP contribution in [0.25, 0.3) is 0 Å². The van der Waals surface area contributed by atoms with Crippen LogP contribution in [-0.2, 0) is 4.79 Å². The normalized spacial score (nSPS) is 27.7. The highest BCUT2D eigenvalue weighted by Gasteiger charge is 2.56. The molecule has 0 spiro atoms. The summed E-state index contributed by atoms with van der Waals surface area (Å²) in [4.78, 5) is 13.8. The molecular weight excluding hydrogens is 506 g/mol. The van der Waals surface area contributed by atoms with Crippen LogP contribution in [0.3, 0.4) is 0 Å². The van der Waals surface area contributed by atoms with Crippen LogP contribution >= 0.6 is 0 Å². The van der Waals surface area contributed by atoms with Crippen molar-refractivity contribution in [3.05, 3.63) is 0 Å². The molecule has 0 saturated heterocycles. The molecule has 36 heavy (non-hydrogen) atoms. The van der Waals surface area contributed by atoms with Gasteiger partial charge in [0.2, 0.25) is 0 Å². The van der Waals surface area contributed by atoms with Crippen LogP contribution in [0.4, 0.5) is 0 Å². The molecule has 4 aliphatic rings. The zero-order valence-corrected chi connectivity index (χ0v) is 26.4. The van der Waals surface area contributed by atoms with Crippen molar-refractivity contribution in [2.45, 2.75) is 161 Å². The molecule has 4 bridgehead atoms. The van der Waals surface area contributed by atoms with E-state index >= 15 is 0 Å². The van der Waals surface area contributed by atoms with E-state index in [1.807, 2.05) is 0 Å². The monoisotopic (exact) mass is 567 g/mol. The van der Waals surface area contributed by atoms with E-state index in [2.05, 4.69) is 27.9 Å². The Morgan fingerprint density at radius 2 is 1.00 bits per heavy atom. The molecule has 0 N–H and O–H groups in total. The van der Waals surface area contributed by atoms with Crippen molar-refractivity contribution in [3.8, 4) is 0 Å². The highest BCUT2D eigenvalue weighted by molar-refractivity contribution is 5.89. The van der Waals surface area contributed by atoms with Gasteiger partial charge in [-0.2, -0.15) is 0 Å². The topological polar surface area (TPSA) is 17.1 Å². The lowest BCUT2D eigenvalue weighted by Crippen LogP contribution is -3.00. The van der Waals surface area contributed by atoms with Gasteiger partial charge in [0.15, 0.2) is 5.78 Å². The number of nitrogens with zero attached hydrogens (tertiary/aromatic N) is 1. The minimum absolute atomic E-state index is 0. The summed E-state index contributed by atoms with van der Waals surface area (Å²) in [5, 5.41) is 0. The Hall–Kier alpha value is 0.110. The highest BCUT2D eigenvalue weighted by atomic mass is 79.9. The lowest BCUT2D eigenvalue weighted by atomic mass is 9.48. The second-order valence-corrected chi connectivity index (χ2v) is 14.0. The van der Waals surface area contributed by atoms with E-state index < -0.39 is 0 Å².